The smallest absolute Gasteiger partial charge is 0.258 e. The van der Waals surface area contributed by atoms with E-state index in [2.05, 4.69) is 17.4 Å². The quantitative estimate of drug-likeness (QED) is 0.938. The normalized spacial score (nSPS) is 16.3. The van der Waals surface area contributed by atoms with Gasteiger partial charge in [0.05, 0.1) is 6.04 Å². The molecule has 0 saturated carbocycles. The minimum Gasteiger partial charge on any atom is -0.484 e. The van der Waals surface area contributed by atoms with Gasteiger partial charge in [0.1, 0.15) is 5.75 Å². The molecule has 2 aromatic carbocycles. The summed E-state index contributed by atoms with van der Waals surface area (Å²) in [5, 5.41) is 3.67. The minimum atomic E-state index is -0.105. The number of hydrogen-bond acceptors (Lipinski definition) is 2. The molecule has 1 N–H and O–H groups in total. The van der Waals surface area contributed by atoms with Crippen LogP contribution in [0.2, 0.25) is 5.02 Å². The summed E-state index contributed by atoms with van der Waals surface area (Å²) in [5.41, 5.74) is 2.54. The zero-order chi connectivity index (χ0) is 14.7. The highest BCUT2D eigenvalue weighted by Crippen LogP contribution is 2.30. The van der Waals surface area contributed by atoms with E-state index in [1.54, 1.807) is 24.3 Å². The summed E-state index contributed by atoms with van der Waals surface area (Å²) in [6, 6.07) is 15.3. The molecule has 0 radical (unpaired) electrons. The minimum absolute atomic E-state index is 0.0142. The van der Waals surface area contributed by atoms with Crippen LogP contribution in [0.15, 0.2) is 48.5 Å². The molecule has 3 nitrogen and oxygen atoms in total. The number of aryl methyl sites for hydroxylation is 1. The van der Waals surface area contributed by atoms with Gasteiger partial charge in [-0.2, -0.15) is 0 Å². The summed E-state index contributed by atoms with van der Waals surface area (Å²) in [5.74, 6) is 0.535. The number of carbonyl (C=O) groups excluding carboxylic acids is 1. The van der Waals surface area contributed by atoms with E-state index in [1.165, 1.54) is 11.1 Å². The van der Waals surface area contributed by atoms with Crippen molar-refractivity contribution in [2.45, 2.75) is 18.9 Å². The Balaban J connectivity index is 1.54. The number of hydrogen-bond donors (Lipinski definition) is 1. The van der Waals surface area contributed by atoms with E-state index in [0.29, 0.717) is 10.8 Å². The number of halogens is 1. The molecule has 1 aliphatic rings. The van der Waals surface area contributed by atoms with Crippen LogP contribution in [0.3, 0.4) is 0 Å². The monoisotopic (exact) mass is 301 g/mol. The Morgan fingerprint density at radius 1 is 1.19 bits per heavy atom. The topological polar surface area (TPSA) is 38.3 Å². The molecule has 2 aromatic rings. The highest BCUT2D eigenvalue weighted by atomic mass is 35.5. The lowest BCUT2D eigenvalue weighted by molar-refractivity contribution is -0.123. The summed E-state index contributed by atoms with van der Waals surface area (Å²) >= 11 is 5.80. The molecule has 0 bridgehead atoms. The van der Waals surface area contributed by atoms with Gasteiger partial charge in [-0.15, -0.1) is 0 Å². The third-order valence-corrected chi connectivity index (χ3v) is 3.90. The van der Waals surface area contributed by atoms with E-state index in [9.17, 15) is 4.79 Å². The molecule has 0 heterocycles. The molecular formula is C17H16ClNO2. The summed E-state index contributed by atoms with van der Waals surface area (Å²) in [4.78, 5) is 12.0. The Morgan fingerprint density at radius 2 is 1.95 bits per heavy atom. The molecule has 0 spiro atoms. The average Bonchev–Trinajstić information content (AvgIpc) is 2.90. The molecule has 0 fully saturated rings. The second-order valence-corrected chi connectivity index (χ2v) is 5.54. The van der Waals surface area contributed by atoms with Gasteiger partial charge in [0, 0.05) is 5.02 Å². The van der Waals surface area contributed by atoms with Crippen molar-refractivity contribution in [2.24, 2.45) is 0 Å². The summed E-state index contributed by atoms with van der Waals surface area (Å²) in [6.07, 6.45) is 1.96. The molecule has 1 amide bonds. The summed E-state index contributed by atoms with van der Waals surface area (Å²) < 4.78 is 5.45. The molecule has 0 aromatic heterocycles. The van der Waals surface area contributed by atoms with Gasteiger partial charge in [-0.05, 0) is 48.2 Å². The zero-order valence-electron chi connectivity index (χ0n) is 11.5. The number of amides is 1. The van der Waals surface area contributed by atoms with Gasteiger partial charge in [-0.25, -0.2) is 0 Å². The first-order valence-electron chi connectivity index (χ1n) is 6.98. The largest absolute Gasteiger partial charge is 0.484 e. The van der Waals surface area contributed by atoms with Crippen LogP contribution in [0.1, 0.15) is 23.6 Å². The van der Waals surface area contributed by atoms with E-state index in [4.69, 9.17) is 16.3 Å². The van der Waals surface area contributed by atoms with Crippen LogP contribution in [0.5, 0.6) is 5.75 Å². The van der Waals surface area contributed by atoms with E-state index in [-0.39, 0.29) is 18.6 Å². The van der Waals surface area contributed by atoms with Crippen LogP contribution < -0.4 is 10.1 Å². The second-order valence-electron chi connectivity index (χ2n) is 5.10. The van der Waals surface area contributed by atoms with Crippen molar-refractivity contribution in [3.05, 3.63) is 64.7 Å². The average molecular weight is 302 g/mol. The number of fused-ring (bicyclic) bond motifs is 1. The van der Waals surface area contributed by atoms with Gasteiger partial charge >= 0.3 is 0 Å². The molecule has 0 aliphatic heterocycles. The lowest BCUT2D eigenvalue weighted by atomic mass is 10.1. The molecule has 0 unspecified atom stereocenters. The SMILES string of the molecule is O=C(COc1ccc(Cl)cc1)N[C@H]1CCc2ccccc21. The molecule has 21 heavy (non-hydrogen) atoms. The third-order valence-electron chi connectivity index (χ3n) is 3.65. The fraction of sp³-hybridized carbons (Fsp3) is 0.235. The molecule has 3 rings (SSSR count). The predicted molar refractivity (Wildman–Crippen MR) is 82.6 cm³/mol. The van der Waals surface area contributed by atoms with Gasteiger partial charge in [-0.1, -0.05) is 35.9 Å². The molecule has 0 saturated heterocycles. The molecule has 1 atom stereocenters. The molecule has 1 aliphatic carbocycles. The first-order valence-corrected chi connectivity index (χ1v) is 7.36. The first-order chi connectivity index (χ1) is 10.2. The van der Waals surface area contributed by atoms with E-state index in [1.807, 2.05) is 12.1 Å². The van der Waals surface area contributed by atoms with Gasteiger partial charge in [0.2, 0.25) is 0 Å². The van der Waals surface area contributed by atoms with E-state index in [0.717, 1.165) is 12.8 Å². The Labute approximate surface area is 128 Å². The van der Waals surface area contributed by atoms with Gasteiger partial charge in [-0.3, -0.25) is 4.79 Å². The third kappa shape index (κ3) is 3.37. The van der Waals surface area contributed by atoms with E-state index >= 15 is 0 Å². The maximum Gasteiger partial charge on any atom is 0.258 e. The lowest BCUT2D eigenvalue weighted by Crippen LogP contribution is -2.31. The first kappa shape index (κ1) is 14.0. The Bertz CT molecular complexity index is 639. The van der Waals surface area contributed by atoms with Crippen molar-refractivity contribution in [3.63, 3.8) is 0 Å². The maximum atomic E-state index is 12.0. The highest BCUT2D eigenvalue weighted by Gasteiger charge is 2.23. The van der Waals surface area contributed by atoms with Gasteiger partial charge < -0.3 is 10.1 Å². The second kappa shape index (κ2) is 6.19. The zero-order valence-corrected chi connectivity index (χ0v) is 12.3. The maximum absolute atomic E-state index is 12.0. The summed E-state index contributed by atoms with van der Waals surface area (Å²) in [7, 11) is 0. The standard InChI is InChI=1S/C17H16ClNO2/c18-13-6-8-14(9-7-13)21-11-17(20)19-16-10-5-12-3-1-2-4-15(12)16/h1-4,6-9,16H,5,10-11H2,(H,19,20)/t16-/m0/s1. The Hall–Kier alpha value is -2.00. The van der Waals surface area contributed by atoms with Crippen LogP contribution >= 0.6 is 11.6 Å². The van der Waals surface area contributed by atoms with Gasteiger partial charge in [0.15, 0.2) is 6.61 Å². The summed E-state index contributed by atoms with van der Waals surface area (Å²) in [6.45, 7) is 0.0142. The van der Waals surface area contributed by atoms with E-state index < -0.39 is 0 Å². The van der Waals surface area contributed by atoms with Crippen molar-refractivity contribution >= 4 is 17.5 Å². The van der Waals surface area contributed by atoms with Crippen LogP contribution in [-0.2, 0) is 11.2 Å². The number of benzene rings is 2. The van der Waals surface area contributed by atoms with Gasteiger partial charge in [0.25, 0.3) is 5.91 Å². The van der Waals surface area contributed by atoms with Crippen molar-refractivity contribution in [1.82, 2.24) is 5.32 Å². The fourth-order valence-electron chi connectivity index (χ4n) is 2.62. The Morgan fingerprint density at radius 3 is 2.76 bits per heavy atom. The van der Waals surface area contributed by atoms with Crippen LogP contribution in [-0.4, -0.2) is 12.5 Å². The number of carbonyl (C=O) groups is 1. The van der Waals surface area contributed by atoms with Crippen LogP contribution in [0.25, 0.3) is 0 Å². The number of nitrogens with one attached hydrogen (secondary N) is 1. The lowest BCUT2D eigenvalue weighted by Gasteiger charge is -2.14. The van der Waals surface area contributed by atoms with Crippen LogP contribution in [0.4, 0.5) is 0 Å². The molecule has 108 valence electrons. The van der Waals surface area contributed by atoms with Crippen molar-refractivity contribution in [1.29, 1.82) is 0 Å². The number of ether oxygens (including phenoxy) is 1. The fourth-order valence-corrected chi connectivity index (χ4v) is 2.75. The predicted octanol–water partition coefficient (Wildman–Crippen LogP) is 3.52. The Kier molecular flexibility index (Phi) is 4.11. The number of rotatable bonds is 4. The van der Waals surface area contributed by atoms with Crippen molar-refractivity contribution in [2.75, 3.05) is 6.61 Å². The highest BCUT2D eigenvalue weighted by molar-refractivity contribution is 6.30. The molecule has 4 heteroatoms. The van der Waals surface area contributed by atoms with Crippen molar-refractivity contribution in [3.8, 4) is 5.75 Å². The molecular weight excluding hydrogens is 286 g/mol. The van der Waals surface area contributed by atoms with Crippen LogP contribution in [0, 0.1) is 0 Å². The van der Waals surface area contributed by atoms with Crippen molar-refractivity contribution < 1.29 is 9.53 Å².